The minimum Gasteiger partial charge on any atom is -0.399 e. The molecule has 1 aromatic carbocycles. The molecule has 0 heterocycles. The molecule has 0 aliphatic heterocycles. The van der Waals surface area contributed by atoms with Crippen molar-refractivity contribution in [3.05, 3.63) is 18.2 Å². The van der Waals surface area contributed by atoms with E-state index in [1.165, 1.54) is 13.1 Å². The lowest BCUT2D eigenvalue weighted by Gasteiger charge is -2.17. The van der Waals surface area contributed by atoms with Crippen LogP contribution in [-0.4, -0.2) is 35.2 Å². The maximum Gasteiger partial charge on any atom is 0.242 e. The SMILES string of the molecule is CNS(=O)(=O)c1cc(N)ccc1NC(C)COC. The van der Waals surface area contributed by atoms with Gasteiger partial charge in [0.1, 0.15) is 4.90 Å². The molecule has 0 radical (unpaired) electrons. The first-order valence-electron chi connectivity index (χ1n) is 5.49. The van der Waals surface area contributed by atoms with Gasteiger partial charge in [-0.1, -0.05) is 0 Å². The average molecular weight is 273 g/mol. The van der Waals surface area contributed by atoms with E-state index < -0.39 is 10.0 Å². The van der Waals surface area contributed by atoms with Crippen molar-refractivity contribution in [2.75, 3.05) is 31.8 Å². The van der Waals surface area contributed by atoms with Crippen LogP contribution in [-0.2, 0) is 14.8 Å². The quantitative estimate of drug-likeness (QED) is 0.661. The Morgan fingerprint density at radius 2 is 2.11 bits per heavy atom. The first-order chi connectivity index (χ1) is 8.40. The first kappa shape index (κ1) is 14.7. The number of nitrogens with one attached hydrogen (secondary N) is 2. The van der Waals surface area contributed by atoms with Crippen molar-refractivity contribution in [2.24, 2.45) is 0 Å². The third-order valence-electron chi connectivity index (χ3n) is 2.38. The van der Waals surface area contributed by atoms with Gasteiger partial charge in [-0.3, -0.25) is 0 Å². The maximum absolute atomic E-state index is 11.9. The molecule has 1 atom stereocenters. The van der Waals surface area contributed by atoms with Gasteiger partial charge in [0.2, 0.25) is 10.0 Å². The molecule has 18 heavy (non-hydrogen) atoms. The summed E-state index contributed by atoms with van der Waals surface area (Å²) in [6.45, 7) is 2.37. The molecule has 7 heteroatoms. The van der Waals surface area contributed by atoms with Crippen molar-refractivity contribution < 1.29 is 13.2 Å². The molecule has 0 saturated carbocycles. The third-order valence-corrected chi connectivity index (χ3v) is 3.84. The van der Waals surface area contributed by atoms with Gasteiger partial charge in [0, 0.05) is 18.8 Å². The van der Waals surface area contributed by atoms with Gasteiger partial charge in [-0.2, -0.15) is 0 Å². The summed E-state index contributed by atoms with van der Waals surface area (Å²) < 4.78 is 31.0. The molecule has 0 amide bonds. The van der Waals surface area contributed by atoms with Gasteiger partial charge in [0.05, 0.1) is 12.3 Å². The number of nitrogens with two attached hydrogens (primary N) is 1. The van der Waals surface area contributed by atoms with Crippen molar-refractivity contribution in [3.8, 4) is 0 Å². The van der Waals surface area contributed by atoms with Crippen LogP contribution in [0.4, 0.5) is 11.4 Å². The van der Waals surface area contributed by atoms with E-state index in [0.717, 1.165) is 0 Å². The lowest BCUT2D eigenvalue weighted by molar-refractivity contribution is 0.190. The number of methoxy groups -OCH3 is 1. The van der Waals surface area contributed by atoms with E-state index in [9.17, 15) is 8.42 Å². The number of hydrogen-bond acceptors (Lipinski definition) is 5. The van der Waals surface area contributed by atoms with Crippen LogP contribution in [0.15, 0.2) is 23.1 Å². The van der Waals surface area contributed by atoms with Crippen LogP contribution in [0, 0.1) is 0 Å². The lowest BCUT2D eigenvalue weighted by Crippen LogP contribution is -2.25. The molecule has 102 valence electrons. The predicted molar refractivity (Wildman–Crippen MR) is 72.1 cm³/mol. The van der Waals surface area contributed by atoms with Crippen LogP contribution < -0.4 is 15.8 Å². The summed E-state index contributed by atoms with van der Waals surface area (Å²) in [5, 5.41) is 3.08. The van der Waals surface area contributed by atoms with E-state index in [1.807, 2.05) is 6.92 Å². The van der Waals surface area contributed by atoms with Crippen molar-refractivity contribution in [1.29, 1.82) is 0 Å². The number of sulfonamides is 1. The predicted octanol–water partition coefficient (Wildman–Crippen LogP) is 0.624. The highest BCUT2D eigenvalue weighted by Gasteiger charge is 2.18. The second-order valence-electron chi connectivity index (χ2n) is 3.96. The van der Waals surface area contributed by atoms with Gasteiger partial charge < -0.3 is 15.8 Å². The zero-order valence-electron chi connectivity index (χ0n) is 10.7. The zero-order valence-corrected chi connectivity index (χ0v) is 11.5. The summed E-state index contributed by atoms with van der Waals surface area (Å²) >= 11 is 0. The van der Waals surface area contributed by atoms with Gasteiger partial charge >= 0.3 is 0 Å². The van der Waals surface area contributed by atoms with E-state index in [0.29, 0.717) is 18.0 Å². The molecule has 0 aliphatic carbocycles. The minimum atomic E-state index is -3.55. The van der Waals surface area contributed by atoms with Gasteiger partial charge in [-0.25, -0.2) is 13.1 Å². The summed E-state index contributed by atoms with van der Waals surface area (Å²) in [7, 11) is -0.594. The number of hydrogen-bond donors (Lipinski definition) is 3. The van der Waals surface area contributed by atoms with E-state index in [4.69, 9.17) is 10.5 Å². The van der Waals surface area contributed by atoms with Crippen LogP contribution in [0.2, 0.25) is 0 Å². The second kappa shape index (κ2) is 6.03. The number of anilines is 2. The lowest BCUT2D eigenvalue weighted by atomic mass is 10.2. The molecular formula is C11H19N3O3S. The van der Waals surface area contributed by atoms with Gasteiger partial charge in [-0.05, 0) is 32.2 Å². The zero-order chi connectivity index (χ0) is 13.8. The van der Waals surface area contributed by atoms with Crippen molar-refractivity contribution in [1.82, 2.24) is 4.72 Å². The largest absolute Gasteiger partial charge is 0.399 e. The Bertz CT molecular complexity index is 502. The van der Waals surface area contributed by atoms with Crippen molar-refractivity contribution in [2.45, 2.75) is 17.9 Å². The molecule has 1 unspecified atom stereocenters. The molecule has 0 aromatic heterocycles. The molecule has 6 nitrogen and oxygen atoms in total. The minimum absolute atomic E-state index is 0.00979. The maximum atomic E-state index is 11.9. The third kappa shape index (κ3) is 3.59. The summed E-state index contributed by atoms with van der Waals surface area (Å²) in [6, 6.07) is 4.71. The number of ether oxygens (including phenoxy) is 1. The first-order valence-corrected chi connectivity index (χ1v) is 6.97. The Labute approximate surface area is 108 Å². The highest BCUT2D eigenvalue weighted by molar-refractivity contribution is 7.89. The van der Waals surface area contributed by atoms with Crippen LogP contribution >= 0.6 is 0 Å². The van der Waals surface area contributed by atoms with Crippen molar-refractivity contribution in [3.63, 3.8) is 0 Å². The Morgan fingerprint density at radius 1 is 1.44 bits per heavy atom. The second-order valence-corrected chi connectivity index (χ2v) is 5.82. The summed E-state index contributed by atoms with van der Waals surface area (Å²) in [6.07, 6.45) is 0. The molecule has 0 aliphatic rings. The van der Waals surface area contributed by atoms with E-state index in [1.54, 1.807) is 19.2 Å². The number of rotatable bonds is 6. The summed E-state index contributed by atoms with van der Waals surface area (Å²) in [5.74, 6) is 0. The molecule has 1 rings (SSSR count). The van der Waals surface area contributed by atoms with E-state index >= 15 is 0 Å². The standard InChI is InChI=1S/C11H19N3O3S/c1-8(7-17-3)14-10-5-4-9(12)6-11(10)18(15,16)13-2/h4-6,8,13-14H,7,12H2,1-3H3. The Balaban J connectivity index is 3.12. The fourth-order valence-corrected chi connectivity index (χ4v) is 2.48. The summed E-state index contributed by atoms with van der Waals surface area (Å²) in [5.41, 5.74) is 6.52. The number of benzene rings is 1. The Morgan fingerprint density at radius 3 is 2.67 bits per heavy atom. The van der Waals surface area contributed by atoms with E-state index in [2.05, 4.69) is 10.0 Å². The molecule has 0 fully saturated rings. The molecule has 0 saturated heterocycles. The molecular weight excluding hydrogens is 254 g/mol. The van der Waals surface area contributed by atoms with E-state index in [-0.39, 0.29) is 10.9 Å². The smallest absolute Gasteiger partial charge is 0.242 e. The van der Waals surface area contributed by atoms with Crippen LogP contribution in [0.3, 0.4) is 0 Å². The van der Waals surface area contributed by atoms with Crippen LogP contribution in [0.1, 0.15) is 6.92 Å². The highest BCUT2D eigenvalue weighted by atomic mass is 32.2. The van der Waals surface area contributed by atoms with Crippen LogP contribution in [0.25, 0.3) is 0 Å². The summed E-state index contributed by atoms with van der Waals surface area (Å²) in [4.78, 5) is 0.132. The topological polar surface area (TPSA) is 93.5 Å². The van der Waals surface area contributed by atoms with Crippen molar-refractivity contribution >= 4 is 21.4 Å². The molecule has 0 spiro atoms. The average Bonchev–Trinajstić information content (AvgIpc) is 2.31. The fraction of sp³-hybridized carbons (Fsp3) is 0.455. The molecule has 4 N–H and O–H groups in total. The van der Waals surface area contributed by atoms with Crippen LogP contribution in [0.5, 0.6) is 0 Å². The Kier molecular flexibility index (Phi) is 4.94. The van der Waals surface area contributed by atoms with Gasteiger partial charge in [-0.15, -0.1) is 0 Å². The molecule has 1 aromatic rings. The normalized spacial score (nSPS) is 13.3. The van der Waals surface area contributed by atoms with Gasteiger partial charge in [0.15, 0.2) is 0 Å². The van der Waals surface area contributed by atoms with Gasteiger partial charge in [0.25, 0.3) is 0 Å². The fourth-order valence-electron chi connectivity index (χ4n) is 1.55. The molecule has 0 bridgehead atoms. The monoisotopic (exact) mass is 273 g/mol. The number of nitrogen functional groups attached to an aromatic ring is 1. The Hall–Kier alpha value is -1.31. The highest BCUT2D eigenvalue weighted by Crippen LogP contribution is 2.24.